The van der Waals surface area contributed by atoms with E-state index in [1.165, 1.54) is 9.80 Å². The summed E-state index contributed by atoms with van der Waals surface area (Å²) in [5, 5.41) is 0. The number of piperidine rings is 2. The van der Waals surface area contributed by atoms with Crippen LogP contribution < -0.4 is 19.6 Å². The average molecular weight is 777 g/mol. The highest BCUT2D eigenvalue weighted by Gasteiger charge is 2.37. The van der Waals surface area contributed by atoms with Gasteiger partial charge in [0.25, 0.3) is 0 Å². The fourth-order valence-corrected chi connectivity index (χ4v) is 6.92. The van der Waals surface area contributed by atoms with Gasteiger partial charge in [-0.3, -0.25) is 19.2 Å². The fourth-order valence-electron chi connectivity index (χ4n) is 6.92. The Morgan fingerprint density at radius 1 is 0.379 bits per heavy atom. The molecule has 2 aliphatic heterocycles. The first kappa shape index (κ1) is 41.0. The smallest absolute Gasteiger partial charge is 0.312 e. The Morgan fingerprint density at radius 2 is 0.569 bits per heavy atom. The van der Waals surface area contributed by atoms with Crippen molar-refractivity contribution in [3.63, 3.8) is 0 Å². The molecule has 10 nitrogen and oxygen atoms in total. The molecule has 0 unspecified atom stereocenters. The van der Waals surface area contributed by atoms with Crippen LogP contribution in [-0.2, 0) is 19.2 Å². The average Bonchev–Trinajstić information content (AvgIpc) is 3.21. The SMILES string of the molecule is CN(C)c1ccc(/C=C2\CN(C(=O)C(=O)N3C/C(=C\c4ccc(N(C)C)cc4)C(=O)/C(=C/c4ccc(N(C)C)cc4)C3)C/C(=C\c3ccc(N(C)C)cc3)C2=O)cc1. The van der Waals surface area contributed by atoms with Crippen molar-refractivity contribution in [3.8, 4) is 0 Å². The van der Waals surface area contributed by atoms with E-state index in [0.29, 0.717) is 22.3 Å². The molecule has 0 spiro atoms. The van der Waals surface area contributed by atoms with Gasteiger partial charge in [-0.1, -0.05) is 48.5 Å². The minimum absolute atomic E-state index is 0.0373. The Morgan fingerprint density at radius 3 is 0.741 bits per heavy atom. The van der Waals surface area contributed by atoms with Crippen LogP contribution in [0, 0.1) is 0 Å². The van der Waals surface area contributed by atoms with Crippen LogP contribution in [-0.4, -0.2) is 116 Å². The Balaban J connectivity index is 1.34. The van der Waals surface area contributed by atoms with Crippen LogP contribution in [0.3, 0.4) is 0 Å². The molecule has 0 radical (unpaired) electrons. The third-order valence-corrected chi connectivity index (χ3v) is 10.4. The van der Waals surface area contributed by atoms with E-state index >= 15 is 0 Å². The van der Waals surface area contributed by atoms with Gasteiger partial charge in [0, 0.05) is 101 Å². The van der Waals surface area contributed by atoms with Gasteiger partial charge in [-0.15, -0.1) is 0 Å². The molecule has 0 aliphatic carbocycles. The number of benzene rings is 4. The van der Waals surface area contributed by atoms with Crippen molar-refractivity contribution in [1.29, 1.82) is 0 Å². The molecule has 0 bridgehead atoms. The second-order valence-corrected chi connectivity index (χ2v) is 15.6. The van der Waals surface area contributed by atoms with Crippen molar-refractivity contribution < 1.29 is 19.2 Å². The molecule has 58 heavy (non-hydrogen) atoms. The molecule has 2 heterocycles. The second kappa shape index (κ2) is 17.6. The minimum atomic E-state index is -0.742. The number of anilines is 4. The molecule has 2 amide bonds. The molecule has 10 heteroatoms. The topological polar surface area (TPSA) is 87.7 Å². The zero-order valence-electron chi connectivity index (χ0n) is 34.7. The zero-order valence-corrected chi connectivity index (χ0v) is 34.7. The summed E-state index contributed by atoms with van der Waals surface area (Å²) in [6.07, 6.45) is 7.16. The predicted molar refractivity (Wildman–Crippen MR) is 238 cm³/mol. The lowest BCUT2D eigenvalue weighted by molar-refractivity contribution is -0.151. The maximum atomic E-state index is 14.4. The number of carbonyl (C=O) groups excluding carboxylic acids is 4. The molecular weight excluding hydrogens is 725 g/mol. The molecule has 0 aromatic heterocycles. The van der Waals surface area contributed by atoms with E-state index in [1.807, 2.05) is 173 Å². The maximum absolute atomic E-state index is 14.4. The molecule has 298 valence electrons. The van der Waals surface area contributed by atoms with Gasteiger partial charge in [-0.25, -0.2) is 0 Å². The van der Waals surface area contributed by atoms with Crippen LogP contribution in [0.5, 0.6) is 0 Å². The third-order valence-electron chi connectivity index (χ3n) is 10.4. The van der Waals surface area contributed by atoms with Crippen molar-refractivity contribution >= 4 is 70.4 Å². The number of likely N-dealkylation sites (tertiary alicyclic amines) is 2. The molecule has 2 fully saturated rings. The summed E-state index contributed by atoms with van der Waals surface area (Å²) in [6, 6.07) is 31.2. The number of carbonyl (C=O) groups is 4. The summed E-state index contributed by atoms with van der Waals surface area (Å²) in [4.78, 5) is 67.7. The summed E-state index contributed by atoms with van der Waals surface area (Å²) in [7, 11) is 15.7. The van der Waals surface area contributed by atoms with Crippen molar-refractivity contribution in [3.05, 3.63) is 142 Å². The molecular formula is C48H52N6O4. The highest BCUT2D eigenvalue weighted by atomic mass is 16.2. The highest BCUT2D eigenvalue weighted by molar-refractivity contribution is 6.36. The lowest BCUT2D eigenvalue weighted by Gasteiger charge is -2.34. The van der Waals surface area contributed by atoms with Crippen LogP contribution in [0.4, 0.5) is 22.7 Å². The maximum Gasteiger partial charge on any atom is 0.312 e. The molecule has 0 N–H and O–H groups in total. The van der Waals surface area contributed by atoms with E-state index in [1.54, 1.807) is 24.3 Å². The Bertz CT molecular complexity index is 1990. The molecule has 4 aromatic carbocycles. The van der Waals surface area contributed by atoms with Gasteiger partial charge < -0.3 is 29.4 Å². The van der Waals surface area contributed by atoms with Gasteiger partial charge in [0.15, 0.2) is 11.6 Å². The largest absolute Gasteiger partial charge is 0.378 e. The number of amides is 2. The number of hydrogen-bond acceptors (Lipinski definition) is 8. The number of nitrogens with zero attached hydrogens (tertiary/aromatic N) is 6. The predicted octanol–water partition coefficient (Wildman–Crippen LogP) is 6.41. The first-order valence-electron chi connectivity index (χ1n) is 19.3. The highest BCUT2D eigenvalue weighted by Crippen LogP contribution is 2.27. The van der Waals surface area contributed by atoms with Gasteiger partial charge in [0.05, 0.1) is 26.2 Å². The van der Waals surface area contributed by atoms with Crippen LogP contribution in [0.1, 0.15) is 22.3 Å². The first-order chi connectivity index (χ1) is 27.7. The van der Waals surface area contributed by atoms with Crippen LogP contribution in [0.15, 0.2) is 119 Å². The Hall–Kier alpha value is -6.68. The van der Waals surface area contributed by atoms with E-state index in [0.717, 1.165) is 45.0 Å². The lowest BCUT2D eigenvalue weighted by Crippen LogP contribution is -2.52. The monoisotopic (exact) mass is 776 g/mol. The summed E-state index contributed by atoms with van der Waals surface area (Å²) in [5.74, 6) is -1.84. The summed E-state index contributed by atoms with van der Waals surface area (Å²) < 4.78 is 0. The first-order valence-corrected chi connectivity index (χ1v) is 19.3. The number of ketones is 2. The van der Waals surface area contributed by atoms with Crippen molar-refractivity contribution in [1.82, 2.24) is 9.80 Å². The van der Waals surface area contributed by atoms with E-state index < -0.39 is 11.8 Å². The Labute approximate surface area is 342 Å². The Kier molecular flexibility index (Phi) is 12.5. The van der Waals surface area contributed by atoms with Gasteiger partial charge in [0.1, 0.15) is 0 Å². The summed E-state index contributed by atoms with van der Waals surface area (Å²) in [6.45, 7) is -0.149. The zero-order chi connectivity index (χ0) is 41.7. The molecule has 4 aromatic rings. The van der Waals surface area contributed by atoms with Crippen LogP contribution in [0.25, 0.3) is 24.3 Å². The van der Waals surface area contributed by atoms with Gasteiger partial charge >= 0.3 is 11.8 Å². The summed E-state index contributed by atoms with van der Waals surface area (Å²) >= 11 is 0. The second-order valence-electron chi connectivity index (χ2n) is 15.6. The quantitative estimate of drug-likeness (QED) is 0.150. The molecule has 0 atom stereocenters. The van der Waals surface area contributed by atoms with Crippen LogP contribution >= 0.6 is 0 Å². The number of rotatable bonds is 8. The van der Waals surface area contributed by atoms with E-state index in [9.17, 15) is 19.2 Å². The third kappa shape index (κ3) is 9.64. The van der Waals surface area contributed by atoms with E-state index in [4.69, 9.17) is 0 Å². The molecule has 2 aliphatic rings. The summed E-state index contributed by atoms with van der Waals surface area (Å²) in [5.41, 5.74) is 8.88. The molecule has 6 rings (SSSR count). The van der Waals surface area contributed by atoms with Gasteiger partial charge in [0.2, 0.25) is 0 Å². The standard InChI is InChI=1S/C48H52N6O4/c1-49(2)41-17-9-33(10-18-41)25-37-29-53(30-38(45(37)55)26-34-11-19-42(20-12-34)50(3)4)47(57)48(58)54-31-39(27-35-13-21-43(22-14-35)51(5)6)46(56)40(32-54)28-36-15-23-44(24-16-36)52(7)8/h9-28H,29-32H2,1-8H3/b37-25+,38-26+,39-27+,40-28+. The van der Waals surface area contributed by atoms with Crippen LogP contribution in [0.2, 0.25) is 0 Å². The van der Waals surface area contributed by atoms with Gasteiger partial charge in [-0.05, 0) is 95.1 Å². The van der Waals surface area contributed by atoms with E-state index in [-0.39, 0.29) is 37.7 Å². The normalized spacial score (nSPS) is 17.3. The molecule has 2 saturated heterocycles. The fraction of sp³-hybridized carbons (Fsp3) is 0.250. The number of hydrogen-bond donors (Lipinski definition) is 0. The van der Waals surface area contributed by atoms with Crippen molar-refractivity contribution in [2.75, 3.05) is 102 Å². The number of Topliss-reactive ketones (excluding diaryl/α,β-unsaturated/α-hetero) is 2. The minimum Gasteiger partial charge on any atom is -0.378 e. The lowest BCUT2D eigenvalue weighted by atomic mass is 9.93. The molecule has 0 saturated carbocycles. The van der Waals surface area contributed by atoms with Crippen molar-refractivity contribution in [2.45, 2.75) is 0 Å². The van der Waals surface area contributed by atoms with Crippen molar-refractivity contribution in [2.24, 2.45) is 0 Å². The van der Waals surface area contributed by atoms with E-state index in [2.05, 4.69) is 0 Å². The van der Waals surface area contributed by atoms with Gasteiger partial charge in [-0.2, -0.15) is 0 Å².